The molecular formula is C15H9IO3. The summed E-state index contributed by atoms with van der Waals surface area (Å²) < 4.78 is 6.39. The molecule has 0 radical (unpaired) electrons. The molecule has 0 saturated carbocycles. The fourth-order valence-corrected chi connectivity index (χ4v) is 2.79. The molecule has 0 unspecified atom stereocenters. The van der Waals surface area contributed by atoms with E-state index in [1.165, 1.54) is 0 Å². The Morgan fingerprint density at radius 3 is 2.68 bits per heavy atom. The van der Waals surface area contributed by atoms with E-state index in [1.54, 1.807) is 18.2 Å². The topological polar surface area (TPSA) is 43.4 Å². The Hall–Kier alpha value is -1.69. The number of rotatable bonds is 0. The molecule has 3 nitrogen and oxygen atoms in total. The number of allylic oxidation sites excluding steroid dienone is 6. The lowest BCUT2D eigenvalue weighted by Crippen LogP contribution is -2.28. The van der Waals surface area contributed by atoms with Crippen LogP contribution in [0.3, 0.4) is 0 Å². The van der Waals surface area contributed by atoms with E-state index in [-0.39, 0.29) is 5.76 Å². The standard InChI is InChI=1S/C15H9IO3/c16-10-7-4-8-11-12(10)13(17)14(18)15(19-11)9-5-2-1-3-6-9/h1-5,7-8H,6H2. The fraction of sp³-hybridized carbons (Fsp3) is 0.0667. The molecule has 0 bridgehead atoms. The average molecular weight is 364 g/mol. The second kappa shape index (κ2) is 4.77. The van der Waals surface area contributed by atoms with E-state index in [0.29, 0.717) is 17.7 Å². The predicted octanol–water partition coefficient (Wildman–Crippen LogP) is 3.21. The van der Waals surface area contributed by atoms with Crippen LogP contribution in [0.25, 0.3) is 0 Å². The van der Waals surface area contributed by atoms with Gasteiger partial charge < -0.3 is 4.74 Å². The first-order chi connectivity index (χ1) is 9.18. The second-order valence-corrected chi connectivity index (χ2v) is 5.38. The molecule has 0 amide bonds. The maximum Gasteiger partial charge on any atom is 0.269 e. The first kappa shape index (κ1) is 12.3. The lowest BCUT2D eigenvalue weighted by Gasteiger charge is -2.20. The minimum Gasteiger partial charge on any atom is -0.452 e. The van der Waals surface area contributed by atoms with Crippen molar-refractivity contribution in [2.24, 2.45) is 0 Å². The van der Waals surface area contributed by atoms with Crippen molar-refractivity contribution in [3.8, 4) is 5.75 Å². The van der Waals surface area contributed by atoms with Crippen molar-refractivity contribution in [2.45, 2.75) is 6.42 Å². The van der Waals surface area contributed by atoms with Gasteiger partial charge in [-0.05, 0) is 41.1 Å². The highest BCUT2D eigenvalue weighted by molar-refractivity contribution is 14.1. The van der Waals surface area contributed by atoms with Gasteiger partial charge in [-0.15, -0.1) is 0 Å². The minimum absolute atomic E-state index is 0.153. The molecule has 1 aliphatic carbocycles. The highest BCUT2D eigenvalue weighted by Crippen LogP contribution is 2.33. The number of benzene rings is 1. The van der Waals surface area contributed by atoms with Crippen molar-refractivity contribution in [1.29, 1.82) is 0 Å². The summed E-state index contributed by atoms with van der Waals surface area (Å²) in [6.07, 6.45) is 8.06. The summed E-state index contributed by atoms with van der Waals surface area (Å²) in [6, 6.07) is 5.31. The van der Waals surface area contributed by atoms with E-state index in [9.17, 15) is 9.59 Å². The van der Waals surface area contributed by atoms with Gasteiger partial charge in [-0.1, -0.05) is 30.4 Å². The zero-order valence-electron chi connectivity index (χ0n) is 9.85. The van der Waals surface area contributed by atoms with E-state index >= 15 is 0 Å². The summed E-state index contributed by atoms with van der Waals surface area (Å²) in [6.45, 7) is 0. The van der Waals surface area contributed by atoms with Crippen molar-refractivity contribution in [3.63, 3.8) is 0 Å². The van der Waals surface area contributed by atoms with Gasteiger partial charge in [0.1, 0.15) is 5.75 Å². The minimum atomic E-state index is -0.563. The molecule has 1 heterocycles. The number of Topliss-reactive ketones (excluding diaryl/α,β-unsaturated/α-hetero) is 2. The van der Waals surface area contributed by atoms with E-state index in [2.05, 4.69) is 0 Å². The average Bonchev–Trinajstić information content (AvgIpc) is 2.43. The van der Waals surface area contributed by atoms with Crippen molar-refractivity contribution in [2.75, 3.05) is 0 Å². The summed E-state index contributed by atoms with van der Waals surface area (Å²) in [4.78, 5) is 24.3. The first-order valence-corrected chi connectivity index (χ1v) is 6.88. The number of ketones is 2. The lowest BCUT2D eigenvalue weighted by atomic mass is 9.97. The molecule has 3 rings (SSSR count). The van der Waals surface area contributed by atoms with Crippen LogP contribution >= 0.6 is 22.6 Å². The van der Waals surface area contributed by atoms with Crippen molar-refractivity contribution >= 4 is 34.2 Å². The molecule has 0 fully saturated rings. The molecule has 1 aromatic rings. The van der Waals surface area contributed by atoms with Gasteiger partial charge in [-0.25, -0.2) is 0 Å². The Balaban J connectivity index is 2.15. The Morgan fingerprint density at radius 1 is 1.11 bits per heavy atom. The SMILES string of the molecule is O=C1C(=O)c2c(I)cccc2OC1=C1C=CC=CC1. The second-order valence-electron chi connectivity index (χ2n) is 4.22. The van der Waals surface area contributed by atoms with E-state index < -0.39 is 11.6 Å². The van der Waals surface area contributed by atoms with Crippen LogP contribution in [0, 0.1) is 3.57 Å². The van der Waals surface area contributed by atoms with Crippen molar-refractivity contribution in [1.82, 2.24) is 0 Å². The smallest absolute Gasteiger partial charge is 0.269 e. The van der Waals surface area contributed by atoms with Gasteiger partial charge in [-0.3, -0.25) is 9.59 Å². The molecule has 0 saturated heterocycles. The molecule has 2 aliphatic rings. The molecule has 1 aromatic carbocycles. The number of hydrogen-bond acceptors (Lipinski definition) is 3. The number of hydrogen-bond donors (Lipinski definition) is 0. The molecule has 0 N–H and O–H groups in total. The summed E-state index contributed by atoms with van der Waals surface area (Å²) in [5, 5.41) is 0. The van der Waals surface area contributed by atoms with Crippen molar-refractivity contribution < 1.29 is 14.3 Å². The van der Waals surface area contributed by atoms with Gasteiger partial charge in [0.25, 0.3) is 5.78 Å². The van der Waals surface area contributed by atoms with Crippen LogP contribution < -0.4 is 4.74 Å². The largest absolute Gasteiger partial charge is 0.452 e. The molecule has 19 heavy (non-hydrogen) atoms. The fourth-order valence-electron chi connectivity index (χ4n) is 2.08. The maximum atomic E-state index is 12.2. The van der Waals surface area contributed by atoms with Crippen LogP contribution in [0.2, 0.25) is 0 Å². The van der Waals surface area contributed by atoms with Gasteiger partial charge in [0.05, 0.1) is 5.56 Å². The van der Waals surface area contributed by atoms with E-state index in [0.717, 1.165) is 9.14 Å². The number of halogens is 1. The molecule has 0 atom stereocenters. The van der Waals surface area contributed by atoms with Gasteiger partial charge in [0, 0.05) is 9.14 Å². The number of carbonyl (C=O) groups is 2. The zero-order chi connectivity index (χ0) is 13.4. The van der Waals surface area contributed by atoms with Crippen molar-refractivity contribution in [3.05, 3.63) is 63.0 Å². The Kier molecular flexibility index (Phi) is 3.10. The van der Waals surface area contributed by atoms with Crippen LogP contribution in [0.5, 0.6) is 5.75 Å². The first-order valence-electron chi connectivity index (χ1n) is 5.80. The zero-order valence-corrected chi connectivity index (χ0v) is 12.0. The van der Waals surface area contributed by atoms with Crippen LogP contribution in [0.1, 0.15) is 16.8 Å². The van der Waals surface area contributed by atoms with Crippen LogP contribution in [-0.4, -0.2) is 11.6 Å². The molecule has 0 aromatic heterocycles. The third-order valence-electron chi connectivity index (χ3n) is 3.00. The Labute approximate surface area is 123 Å². The maximum absolute atomic E-state index is 12.2. The molecule has 0 spiro atoms. The van der Waals surface area contributed by atoms with Crippen LogP contribution in [0.15, 0.2) is 53.8 Å². The van der Waals surface area contributed by atoms with Gasteiger partial charge in [0.15, 0.2) is 5.76 Å². The van der Waals surface area contributed by atoms with Gasteiger partial charge >= 0.3 is 0 Å². The highest BCUT2D eigenvalue weighted by atomic mass is 127. The molecule has 4 heteroatoms. The Bertz CT molecular complexity index is 681. The third kappa shape index (κ3) is 2.06. The summed E-state index contributed by atoms with van der Waals surface area (Å²) in [7, 11) is 0. The summed E-state index contributed by atoms with van der Waals surface area (Å²) >= 11 is 2.04. The van der Waals surface area contributed by atoms with Gasteiger partial charge in [-0.2, -0.15) is 0 Å². The summed E-state index contributed by atoms with van der Waals surface area (Å²) in [5.74, 6) is -0.440. The van der Waals surface area contributed by atoms with Crippen LogP contribution in [-0.2, 0) is 4.79 Å². The quantitative estimate of drug-likeness (QED) is 0.404. The molecular weight excluding hydrogens is 355 g/mol. The van der Waals surface area contributed by atoms with E-state index in [1.807, 2.05) is 46.9 Å². The van der Waals surface area contributed by atoms with Crippen LogP contribution in [0.4, 0.5) is 0 Å². The lowest BCUT2D eigenvalue weighted by molar-refractivity contribution is -0.114. The monoisotopic (exact) mass is 364 g/mol. The number of ether oxygens (including phenoxy) is 1. The van der Waals surface area contributed by atoms with Gasteiger partial charge in [0.2, 0.25) is 5.78 Å². The van der Waals surface area contributed by atoms with E-state index in [4.69, 9.17) is 4.74 Å². The highest BCUT2D eigenvalue weighted by Gasteiger charge is 2.34. The number of fused-ring (bicyclic) bond motifs is 1. The molecule has 1 aliphatic heterocycles. The summed E-state index contributed by atoms with van der Waals surface area (Å²) in [5.41, 5.74) is 1.11. The number of carbonyl (C=O) groups excluding carboxylic acids is 2. The predicted molar refractivity (Wildman–Crippen MR) is 79.0 cm³/mol. The molecule has 94 valence electrons. The normalized spacial score (nSPS) is 21.3. The Morgan fingerprint density at radius 2 is 1.95 bits per heavy atom. The third-order valence-corrected chi connectivity index (χ3v) is 3.90.